The Morgan fingerprint density at radius 2 is 1.76 bits per heavy atom. The molecule has 0 radical (unpaired) electrons. The number of rotatable bonds is 5. The number of carboxylic acid groups (broad SMARTS) is 1. The quantitative estimate of drug-likeness (QED) is 0.205. The molecule has 0 aliphatic carbocycles. The number of aliphatic hydroxyl groups is 2. The summed E-state index contributed by atoms with van der Waals surface area (Å²) in [5.41, 5.74) is -1.44. The first kappa shape index (κ1) is 18.0. The molecule has 4 N–H and O–H groups in total. The van der Waals surface area contributed by atoms with Crippen LogP contribution in [0.15, 0.2) is 17.0 Å². The summed E-state index contributed by atoms with van der Waals surface area (Å²) in [6.07, 6.45) is -1.97. The van der Waals surface area contributed by atoms with E-state index >= 15 is 0 Å². The molecule has 11 heteroatoms. The molecule has 110 valence electrons. The van der Waals surface area contributed by atoms with E-state index in [-0.39, 0.29) is 0 Å². The number of carbonyl (C=O) groups excluding carboxylic acids is 1. The fourth-order valence-corrected chi connectivity index (χ4v) is 3.01. The summed E-state index contributed by atoms with van der Waals surface area (Å²) in [6, 6.07) is 2.09. The van der Waals surface area contributed by atoms with Gasteiger partial charge in [0.15, 0.2) is 0 Å². The van der Waals surface area contributed by atoms with Gasteiger partial charge in [0.2, 0.25) is 0 Å². The van der Waals surface area contributed by atoms with Crippen LogP contribution in [0.4, 0.5) is 0 Å². The van der Waals surface area contributed by atoms with E-state index in [9.17, 15) is 18.0 Å². The van der Waals surface area contributed by atoms with Crippen molar-refractivity contribution in [1.29, 1.82) is 0 Å². The van der Waals surface area contributed by atoms with Gasteiger partial charge < -0.3 is 0 Å². The van der Waals surface area contributed by atoms with Gasteiger partial charge in [0.05, 0.1) is 0 Å². The van der Waals surface area contributed by atoms with Crippen molar-refractivity contribution in [3.8, 4) is 0 Å². The van der Waals surface area contributed by atoms with Crippen LogP contribution in [-0.4, -0.2) is 81.1 Å². The monoisotopic (exact) mass is 328 g/mol. The second-order valence-electron chi connectivity index (χ2n) is 4.05. The molecule has 21 heavy (non-hydrogen) atoms. The molecule has 0 aromatic heterocycles. The van der Waals surface area contributed by atoms with Crippen molar-refractivity contribution in [2.24, 2.45) is 0 Å². The van der Waals surface area contributed by atoms with Crippen molar-refractivity contribution in [3.63, 3.8) is 0 Å². The number of benzene rings is 1. The van der Waals surface area contributed by atoms with Gasteiger partial charge in [0.1, 0.15) is 0 Å². The van der Waals surface area contributed by atoms with Crippen molar-refractivity contribution in [2.75, 3.05) is 6.61 Å². The van der Waals surface area contributed by atoms with Crippen LogP contribution in [0.2, 0.25) is 0 Å². The number of hydrogen-bond acceptors (Lipinski definition) is 7. The fourth-order valence-electron chi connectivity index (χ4n) is 1.59. The maximum absolute atomic E-state index is 11.7. The molecular weight excluding hydrogens is 319 g/mol. The topological polar surface area (TPSA) is 158 Å². The third-order valence-corrected chi connectivity index (χ3v) is 3.84. The Kier molecular flexibility index (Phi) is 5.87. The molecule has 0 fully saturated rings. The molecule has 0 saturated heterocycles. The Balaban J connectivity index is 3.50. The van der Waals surface area contributed by atoms with Crippen LogP contribution in [0, 0.1) is 0 Å². The first-order valence-electron chi connectivity index (χ1n) is 5.42. The Labute approximate surface area is 136 Å². The van der Waals surface area contributed by atoms with Crippen LogP contribution in [0.25, 0.3) is 0 Å². The molecule has 1 aromatic carbocycles. The summed E-state index contributed by atoms with van der Waals surface area (Å²) in [5, 5.41) is 26.2. The molecular formula is C10H9NaO9S. The van der Waals surface area contributed by atoms with E-state index in [1.807, 2.05) is 0 Å². The summed E-state index contributed by atoms with van der Waals surface area (Å²) in [4.78, 5) is 21.7. The zero-order valence-corrected chi connectivity index (χ0v) is 13.5. The van der Waals surface area contributed by atoms with Crippen LogP contribution in [0.5, 0.6) is 0 Å². The van der Waals surface area contributed by atoms with Crippen LogP contribution in [0.1, 0.15) is 20.7 Å². The Hall–Kier alpha value is -1.01. The number of aliphatic hydroxyl groups excluding tert-OH is 1. The maximum atomic E-state index is 11.7. The minimum atomic E-state index is -5.00. The molecule has 0 saturated carbocycles. The summed E-state index contributed by atoms with van der Waals surface area (Å²) in [7, 11) is -5.00. The summed E-state index contributed by atoms with van der Waals surface area (Å²) in [5.74, 6) is -2.94. The van der Waals surface area contributed by atoms with Crippen molar-refractivity contribution in [3.05, 3.63) is 23.3 Å². The molecule has 0 spiro atoms. The van der Waals surface area contributed by atoms with Crippen LogP contribution in [0.3, 0.4) is 0 Å². The summed E-state index contributed by atoms with van der Waals surface area (Å²) >= 11 is 0.302. The van der Waals surface area contributed by atoms with Crippen molar-refractivity contribution >= 4 is 52.8 Å². The summed E-state index contributed by atoms with van der Waals surface area (Å²) in [6.45, 7) is -0.836. The zero-order chi connectivity index (χ0) is 16.4. The van der Waals surface area contributed by atoms with Gasteiger partial charge in [-0.3, -0.25) is 0 Å². The van der Waals surface area contributed by atoms with E-state index in [0.717, 1.165) is 12.1 Å². The molecule has 0 aliphatic heterocycles. The Morgan fingerprint density at radius 3 is 2.19 bits per heavy atom. The van der Waals surface area contributed by atoms with Gasteiger partial charge in [-0.15, -0.1) is 0 Å². The van der Waals surface area contributed by atoms with Gasteiger partial charge in [-0.1, -0.05) is 0 Å². The van der Waals surface area contributed by atoms with Crippen LogP contribution >= 0.6 is 0 Å². The molecule has 1 aromatic rings. The predicted molar refractivity (Wildman–Crippen MR) is 67.1 cm³/mol. The third-order valence-electron chi connectivity index (χ3n) is 2.31. The third kappa shape index (κ3) is 4.74. The Bertz CT molecular complexity index is 680. The SMILES string of the molecule is O=C(O)c1c[c]([Na])cc(C(=O)OCC(O)O)c1S(=O)(=O)O. The van der Waals surface area contributed by atoms with Crippen LogP contribution in [-0.2, 0) is 14.9 Å². The number of esters is 1. The summed E-state index contributed by atoms with van der Waals surface area (Å²) < 4.78 is 36.6. The first-order valence-corrected chi connectivity index (χ1v) is 7.86. The average molecular weight is 328 g/mol. The number of carboxylic acids is 1. The molecule has 1 rings (SSSR count). The van der Waals surface area contributed by atoms with Crippen molar-refractivity contribution in [2.45, 2.75) is 11.2 Å². The second-order valence-corrected chi connectivity index (χ2v) is 6.56. The first-order chi connectivity index (χ1) is 9.54. The van der Waals surface area contributed by atoms with Gasteiger partial charge in [-0.2, -0.15) is 0 Å². The number of aromatic carboxylic acids is 1. The average Bonchev–Trinajstić information content (AvgIpc) is 2.33. The van der Waals surface area contributed by atoms with E-state index < -0.39 is 51.0 Å². The number of carbonyl (C=O) groups is 2. The van der Waals surface area contributed by atoms with E-state index in [1.165, 1.54) is 0 Å². The van der Waals surface area contributed by atoms with Crippen molar-refractivity contribution in [1.82, 2.24) is 0 Å². The minimum absolute atomic E-state index is 0.302. The molecule has 9 nitrogen and oxygen atoms in total. The second kappa shape index (κ2) is 6.83. The number of ether oxygens (including phenoxy) is 1. The van der Waals surface area contributed by atoms with Gasteiger partial charge in [-0.25, -0.2) is 0 Å². The van der Waals surface area contributed by atoms with Crippen molar-refractivity contribution < 1.29 is 42.6 Å². The predicted octanol–water partition coefficient (Wildman–Crippen LogP) is -2.11. The molecule has 0 aliphatic rings. The molecule has 0 heterocycles. The molecule has 0 amide bonds. The molecule has 0 atom stereocenters. The van der Waals surface area contributed by atoms with Crippen LogP contribution < -0.4 is 2.81 Å². The zero-order valence-electron chi connectivity index (χ0n) is 10.7. The molecule has 0 unspecified atom stereocenters. The van der Waals surface area contributed by atoms with E-state index in [1.54, 1.807) is 0 Å². The fraction of sp³-hybridized carbons (Fsp3) is 0.200. The van der Waals surface area contributed by atoms with Gasteiger partial charge in [0.25, 0.3) is 0 Å². The van der Waals surface area contributed by atoms with Gasteiger partial charge in [0, 0.05) is 0 Å². The Morgan fingerprint density at radius 1 is 1.24 bits per heavy atom. The van der Waals surface area contributed by atoms with E-state index in [4.69, 9.17) is 19.9 Å². The van der Waals surface area contributed by atoms with Gasteiger partial charge in [-0.05, 0) is 0 Å². The van der Waals surface area contributed by atoms with Gasteiger partial charge >= 0.3 is 136 Å². The normalized spacial score (nSPS) is 11.5. The number of hydrogen-bond donors (Lipinski definition) is 4. The molecule has 0 bridgehead atoms. The van der Waals surface area contributed by atoms with E-state index in [2.05, 4.69) is 4.74 Å². The standard InChI is InChI=1S/C10H9O9S.Na/c11-7(12)4-19-10(15)6-3-1-2-5(9(13)14)8(6)20(16,17)18;/h2-3,7,11-12H,4H2,(H,13,14)(H,16,17,18);. The van der Waals surface area contributed by atoms with E-state index in [0.29, 0.717) is 30.7 Å².